The van der Waals surface area contributed by atoms with E-state index in [-0.39, 0.29) is 23.5 Å². The lowest BCUT2D eigenvalue weighted by Crippen LogP contribution is -2.49. The smallest absolute Gasteiger partial charge is 0.253 e. The molecule has 0 spiro atoms. The van der Waals surface area contributed by atoms with Crippen LogP contribution in [-0.4, -0.2) is 81.7 Å². The molecular weight excluding hydrogens is 394 g/mol. The van der Waals surface area contributed by atoms with Crippen molar-refractivity contribution in [1.82, 2.24) is 9.80 Å². The number of carbonyl (C=O) groups excluding carboxylic acids is 2. The topological polar surface area (TPSA) is 87.2 Å². The first-order chi connectivity index (χ1) is 14.0. The Morgan fingerprint density at radius 2 is 1.66 bits per heavy atom. The number of rotatable bonds is 3. The van der Waals surface area contributed by atoms with E-state index in [1.165, 1.54) is 4.31 Å². The van der Waals surface area contributed by atoms with Crippen LogP contribution >= 0.6 is 0 Å². The highest BCUT2D eigenvalue weighted by Gasteiger charge is 2.32. The minimum atomic E-state index is -3.23. The van der Waals surface area contributed by atoms with Gasteiger partial charge in [-0.15, -0.1) is 0 Å². The van der Waals surface area contributed by atoms with Crippen LogP contribution in [-0.2, 0) is 19.6 Å². The van der Waals surface area contributed by atoms with Crippen LogP contribution < -0.4 is 4.31 Å². The van der Waals surface area contributed by atoms with Crippen LogP contribution in [0.4, 0.5) is 5.69 Å². The van der Waals surface area contributed by atoms with Gasteiger partial charge in [0.25, 0.3) is 5.91 Å². The van der Waals surface area contributed by atoms with Gasteiger partial charge in [0.15, 0.2) is 0 Å². The molecule has 0 N–H and O–H groups in total. The molecule has 0 aliphatic carbocycles. The maximum atomic E-state index is 13.0. The summed E-state index contributed by atoms with van der Waals surface area (Å²) in [6.07, 6.45) is 2.22. The number of likely N-dealkylation sites (tertiary alicyclic amines) is 1. The summed E-state index contributed by atoms with van der Waals surface area (Å²) in [5.41, 5.74) is 1.11. The van der Waals surface area contributed by atoms with Crippen molar-refractivity contribution in [2.75, 3.05) is 56.0 Å². The van der Waals surface area contributed by atoms with Crippen molar-refractivity contribution in [3.63, 3.8) is 0 Å². The highest BCUT2D eigenvalue weighted by Crippen LogP contribution is 2.26. The second kappa shape index (κ2) is 8.31. The highest BCUT2D eigenvalue weighted by molar-refractivity contribution is 7.93. The molecule has 0 aromatic heterocycles. The monoisotopic (exact) mass is 421 g/mol. The molecular formula is C20H27N3O5S. The average molecular weight is 422 g/mol. The normalized spacial score (nSPS) is 24.6. The largest absolute Gasteiger partial charge is 0.378 e. The predicted octanol–water partition coefficient (Wildman–Crippen LogP) is 0.938. The Morgan fingerprint density at radius 1 is 0.931 bits per heavy atom. The average Bonchev–Trinajstić information content (AvgIpc) is 3.12. The number of anilines is 1. The molecule has 3 saturated heterocycles. The number of nitrogens with zero attached hydrogens (tertiary/aromatic N) is 3. The summed E-state index contributed by atoms with van der Waals surface area (Å²) in [4.78, 5) is 29.3. The van der Waals surface area contributed by atoms with Crippen molar-refractivity contribution in [2.45, 2.75) is 19.3 Å². The maximum absolute atomic E-state index is 13.0. The second-order valence-electron chi connectivity index (χ2n) is 7.82. The summed E-state index contributed by atoms with van der Waals surface area (Å²) in [5.74, 6) is 0.000492. The Labute approximate surface area is 171 Å². The summed E-state index contributed by atoms with van der Waals surface area (Å²) in [7, 11) is -3.23. The second-order valence-corrected chi connectivity index (χ2v) is 9.83. The molecule has 0 radical (unpaired) electrons. The fraction of sp³-hybridized carbons (Fsp3) is 0.600. The van der Waals surface area contributed by atoms with Gasteiger partial charge in [-0.2, -0.15) is 0 Å². The molecule has 9 heteroatoms. The highest BCUT2D eigenvalue weighted by atomic mass is 32.2. The summed E-state index contributed by atoms with van der Waals surface area (Å²) in [6.45, 7) is 3.91. The van der Waals surface area contributed by atoms with E-state index in [4.69, 9.17) is 4.74 Å². The van der Waals surface area contributed by atoms with Crippen molar-refractivity contribution >= 4 is 27.5 Å². The van der Waals surface area contributed by atoms with E-state index in [2.05, 4.69) is 0 Å². The summed E-state index contributed by atoms with van der Waals surface area (Å²) in [5, 5.41) is 0. The van der Waals surface area contributed by atoms with E-state index >= 15 is 0 Å². The van der Waals surface area contributed by atoms with Gasteiger partial charge >= 0.3 is 0 Å². The van der Waals surface area contributed by atoms with E-state index < -0.39 is 10.0 Å². The van der Waals surface area contributed by atoms with Gasteiger partial charge in [-0.05, 0) is 43.5 Å². The van der Waals surface area contributed by atoms with Gasteiger partial charge in [0.05, 0.1) is 30.6 Å². The van der Waals surface area contributed by atoms with Crippen LogP contribution in [0.2, 0.25) is 0 Å². The zero-order valence-corrected chi connectivity index (χ0v) is 17.3. The molecule has 3 aliphatic rings. The van der Waals surface area contributed by atoms with Crippen molar-refractivity contribution in [3.8, 4) is 0 Å². The lowest BCUT2D eigenvalue weighted by atomic mass is 9.95. The summed E-state index contributed by atoms with van der Waals surface area (Å²) >= 11 is 0. The molecule has 4 rings (SSSR count). The molecule has 1 aromatic carbocycles. The van der Waals surface area contributed by atoms with Crippen LogP contribution in [0.15, 0.2) is 24.3 Å². The number of hydrogen-bond donors (Lipinski definition) is 0. The molecule has 3 heterocycles. The molecule has 0 saturated carbocycles. The van der Waals surface area contributed by atoms with E-state index in [0.717, 1.165) is 12.8 Å². The summed E-state index contributed by atoms with van der Waals surface area (Å²) in [6, 6.07) is 6.74. The lowest BCUT2D eigenvalue weighted by Gasteiger charge is -2.36. The zero-order chi connectivity index (χ0) is 20.4. The number of morpholine rings is 1. The van der Waals surface area contributed by atoms with Crippen molar-refractivity contribution in [3.05, 3.63) is 29.8 Å². The number of carbonyl (C=O) groups is 2. The maximum Gasteiger partial charge on any atom is 0.253 e. The number of amides is 2. The Hall–Kier alpha value is -2.13. The van der Waals surface area contributed by atoms with E-state index in [1.807, 2.05) is 4.90 Å². The molecule has 29 heavy (non-hydrogen) atoms. The molecule has 158 valence electrons. The van der Waals surface area contributed by atoms with Crippen LogP contribution in [0, 0.1) is 5.92 Å². The lowest BCUT2D eigenvalue weighted by molar-refractivity contribution is -0.141. The quantitative estimate of drug-likeness (QED) is 0.725. The summed E-state index contributed by atoms with van der Waals surface area (Å²) < 4.78 is 30.8. The third-order valence-electron chi connectivity index (χ3n) is 5.88. The Balaban J connectivity index is 1.41. The van der Waals surface area contributed by atoms with Gasteiger partial charge in [0, 0.05) is 38.3 Å². The van der Waals surface area contributed by atoms with Gasteiger partial charge < -0.3 is 14.5 Å². The van der Waals surface area contributed by atoms with Crippen molar-refractivity contribution in [1.29, 1.82) is 0 Å². The molecule has 0 bridgehead atoms. The predicted molar refractivity (Wildman–Crippen MR) is 108 cm³/mol. The number of hydrogen-bond acceptors (Lipinski definition) is 5. The van der Waals surface area contributed by atoms with Gasteiger partial charge in [0.2, 0.25) is 15.9 Å². The third-order valence-corrected chi connectivity index (χ3v) is 7.75. The van der Waals surface area contributed by atoms with Crippen LogP contribution in [0.25, 0.3) is 0 Å². The fourth-order valence-corrected chi connectivity index (χ4v) is 5.85. The van der Waals surface area contributed by atoms with Crippen molar-refractivity contribution in [2.24, 2.45) is 5.92 Å². The van der Waals surface area contributed by atoms with Crippen LogP contribution in [0.1, 0.15) is 29.6 Å². The minimum absolute atomic E-state index is 0.111. The van der Waals surface area contributed by atoms with Gasteiger partial charge in [-0.3, -0.25) is 13.9 Å². The molecule has 1 atom stereocenters. The SMILES string of the molecule is O=C(c1ccc(N2CCCS2(=O)=O)cc1)N1CCCC(C(=O)N2CCOCC2)C1. The van der Waals surface area contributed by atoms with Gasteiger partial charge in [-0.1, -0.05) is 0 Å². The number of sulfonamides is 1. The number of piperidine rings is 1. The first kappa shape index (κ1) is 20.2. The Morgan fingerprint density at radius 3 is 2.31 bits per heavy atom. The van der Waals surface area contributed by atoms with Crippen molar-refractivity contribution < 1.29 is 22.7 Å². The van der Waals surface area contributed by atoms with E-state index in [9.17, 15) is 18.0 Å². The number of benzene rings is 1. The first-order valence-corrected chi connectivity index (χ1v) is 11.8. The Bertz CT molecular complexity index is 865. The molecule has 3 aliphatic heterocycles. The van der Waals surface area contributed by atoms with Gasteiger partial charge in [0.1, 0.15) is 0 Å². The van der Waals surface area contributed by atoms with Crippen LogP contribution in [0.3, 0.4) is 0 Å². The third kappa shape index (κ3) is 4.25. The first-order valence-electron chi connectivity index (χ1n) is 10.2. The molecule has 1 aromatic rings. The van der Waals surface area contributed by atoms with Gasteiger partial charge in [-0.25, -0.2) is 8.42 Å². The molecule has 1 unspecified atom stereocenters. The number of ether oxygens (including phenoxy) is 1. The minimum Gasteiger partial charge on any atom is -0.378 e. The fourth-order valence-electron chi connectivity index (χ4n) is 4.29. The zero-order valence-electron chi connectivity index (χ0n) is 16.5. The Kier molecular flexibility index (Phi) is 5.78. The van der Waals surface area contributed by atoms with E-state index in [1.54, 1.807) is 29.2 Å². The van der Waals surface area contributed by atoms with E-state index in [0.29, 0.717) is 63.6 Å². The van der Waals surface area contributed by atoms with Crippen LogP contribution in [0.5, 0.6) is 0 Å². The molecule has 2 amide bonds. The standard InChI is InChI=1S/C20H27N3O5S/c24-19(16-4-6-18(7-5-16)23-9-2-14-29(23,26)27)22-8-1-3-17(15-22)20(25)21-10-12-28-13-11-21/h4-7,17H,1-3,8-15H2. The molecule has 3 fully saturated rings. The molecule has 8 nitrogen and oxygen atoms in total.